The molecule has 0 radical (unpaired) electrons. The van der Waals surface area contributed by atoms with Crippen LogP contribution in [0, 0.1) is 12.8 Å². The van der Waals surface area contributed by atoms with Crippen LogP contribution in [0.3, 0.4) is 0 Å². The highest BCUT2D eigenvalue weighted by Crippen LogP contribution is 2.15. The first-order chi connectivity index (χ1) is 12.4. The predicted molar refractivity (Wildman–Crippen MR) is 105 cm³/mol. The second-order valence-corrected chi connectivity index (χ2v) is 7.19. The quantitative estimate of drug-likeness (QED) is 0.768. The van der Waals surface area contributed by atoms with E-state index in [0.717, 1.165) is 11.1 Å². The smallest absolute Gasteiger partial charge is 0.252 e. The fourth-order valence-corrected chi connectivity index (χ4v) is 2.92. The Kier molecular flexibility index (Phi) is 7.22. The van der Waals surface area contributed by atoms with Crippen molar-refractivity contribution in [2.75, 3.05) is 0 Å². The fourth-order valence-electron chi connectivity index (χ4n) is 2.71. The summed E-state index contributed by atoms with van der Waals surface area (Å²) in [6.45, 7) is 6.25. The highest BCUT2D eigenvalue weighted by Gasteiger charge is 2.23. The van der Waals surface area contributed by atoms with Crippen molar-refractivity contribution >= 4 is 23.4 Å². The van der Waals surface area contributed by atoms with Gasteiger partial charge in [-0.2, -0.15) is 0 Å². The van der Waals surface area contributed by atoms with Crippen LogP contribution in [0.2, 0.25) is 5.02 Å². The van der Waals surface area contributed by atoms with E-state index in [1.54, 1.807) is 12.1 Å². The Bertz CT molecular complexity index is 774. The van der Waals surface area contributed by atoms with Crippen LogP contribution in [0.25, 0.3) is 0 Å². The van der Waals surface area contributed by atoms with Gasteiger partial charge in [0, 0.05) is 17.1 Å². The van der Waals surface area contributed by atoms with E-state index in [1.165, 1.54) is 0 Å². The van der Waals surface area contributed by atoms with Gasteiger partial charge in [0.1, 0.15) is 6.04 Å². The zero-order chi connectivity index (χ0) is 19.1. The minimum Gasteiger partial charge on any atom is -0.350 e. The van der Waals surface area contributed by atoms with Gasteiger partial charge in [-0.25, -0.2) is 0 Å². The standard InChI is InChI=1S/C21H25ClN2O2/c1-14(2)12-19(24-20(25)17-10-6-4-8-15(17)3)21(26)23-13-16-9-5-7-11-18(16)22/h4-11,14,19H,12-13H2,1-3H3,(H,23,26)(H,24,25). The number of halogens is 1. The van der Waals surface area contributed by atoms with Crippen LogP contribution in [0.1, 0.15) is 41.8 Å². The van der Waals surface area contributed by atoms with Gasteiger partial charge in [0.2, 0.25) is 5.91 Å². The lowest BCUT2D eigenvalue weighted by atomic mass is 10.0. The topological polar surface area (TPSA) is 58.2 Å². The van der Waals surface area contributed by atoms with E-state index in [4.69, 9.17) is 11.6 Å². The largest absolute Gasteiger partial charge is 0.350 e. The molecule has 0 aliphatic heterocycles. The zero-order valence-corrected chi connectivity index (χ0v) is 16.1. The summed E-state index contributed by atoms with van der Waals surface area (Å²) in [6.07, 6.45) is 0.561. The number of benzene rings is 2. The summed E-state index contributed by atoms with van der Waals surface area (Å²) in [5, 5.41) is 6.36. The summed E-state index contributed by atoms with van der Waals surface area (Å²) in [4.78, 5) is 25.2. The van der Waals surface area contributed by atoms with E-state index in [9.17, 15) is 9.59 Å². The number of carbonyl (C=O) groups excluding carboxylic acids is 2. The second kappa shape index (κ2) is 9.39. The summed E-state index contributed by atoms with van der Waals surface area (Å²) in [7, 11) is 0. The third kappa shape index (κ3) is 5.60. The molecule has 0 saturated heterocycles. The van der Waals surface area contributed by atoms with Crippen LogP contribution in [0.15, 0.2) is 48.5 Å². The molecule has 2 rings (SSSR count). The van der Waals surface area contributed by atoms with Gasteiger partial charge >= 0.3 is 0 Å². The molecule has 2 aromatic rings. The van der Waals surface area contributed by atoms with Gasteiger partial charge in [-0.1, -0.05) is 61.8 Å². The number of hydrogen-bond donors (Lipinski definition) is 2. The molecule has 1 unspecified atom stereocenters. The van der Waals surface area contributed by atoms with Crippen LogP contribution in [-0.2, 0) is 11.3 Å². The first-order valence-electron chi connectivity index (χ1n) is 8.76. The molecule has 138 valence electrons. The lowest BCUT2D eigenvalue weighted by Crippen LogP contribution is -2.47. The number of amides is 2. The van der Waals surface area contributed by atoms with Gasteiger partial charge in [-0.3, -0.25) is 9.59 Å². The van der Waals surface area contributed by atoms with E-state index in [2.05, 4.69) is 10.6 Å². The molecule has 1 atom stereocenters. The van der Waals surface area contributed by atoms with E-state index < -0.39 is 6.04 Å². The second-order valence-electron chi connectivity index (χ2n) is 6.78. The maximum absolute atomic E-state index is 12.6. The van der Waals surface area contributed by atoms with E-state index >= 15 is 0 Å². The van der Waals surface area contributed by atoms with Crippen LogP contribution >= 0.6 is 11.6 Å². The first-order valence-corrected chi connectivity index (χ1v) is 9.14. The molecule has 4 nitrogen and oxygen atoms in total. The molecule has 0 aliphatic carbocycles. The molecule has 0 aromatic heterocycles. The zero-order valence-electron chi connectivity index (χ0n) is 15.4. The summed E-state index contributed by atoms with van der Waals surface area (Å²) < 4.78 is 0. The predicted octanol–water partition coefficient (Wildman–Crippen LogP) is 4.11. The Morgan fingerprint density at radius 1 is 1.04 bits per heavy atom. The summed E-state index contributed by atoms with van der Waals surface area (Å²) >= 11 is 6.13. The van der Waals surface area contributed by atoms with E-state index in [0.29, 0.717) is 23.6 Å². The SMILES string of the molecule is Cc1ccccc1C(=O)NC(CC(C)C)C(=O)NCc1ccccc1Cl. The molecule has 26 heavy (non-hydrogen) atoms. The summed E-state index contributed by atoms with van der Waals surface area (Å²) in [5.41, 5.74) is 2.31. The fraction of sp³-hybridized carbons (Fsp3) is 0.333. The summed E-state index contributed by atoms with van der Waals surface area (Å²) in [6, 6.07) is 14.1. The van der Waals surface area contributed by atoms with Crippen molar-refractivity contribution in [3.05, 3.63) is 70.2 Å². The lowest BCUT2D eigenvalue weighted by Gasteiger charge is -2.21. The first kappa shape index (κ1) is 20.0. The molecule has 0 heterocycles. The molecule has 5 heteroatoms. The highest BCUT2D eigenvalue weighted by molar-refractivity contribution is 6.31. The monoisotopic (exact) mass is 372 g/mol. The van der Waals surface area contributed by atoms with Crippen molar-refractivity contribution in [1.29, 1.82) is 0 Å². The number of hydrogen-bond acceptors (Lipinski definition) is 2. The van der Waals surface area contributed by atoms with E-state index in [1.807, 2.05) is 57.2 Å². The third-order valence-corrected chi connectivity index (χ3v) is 4.50. The Labute approximate surface area is 159 Å². The highest BCUT2D eigenvalue weighted by atomic mass is 35.5. The van der Waals surface area contributed by atoms with Crippen molar-refractivity contribution in [2.45, 2.75) is 39.8 Å². The molecule has 0 spiro atoms. The van der Waals surface area contributed by atoms with Gasteiger partial charge < -0.3 is 10.6 Å². The van der Waals surface area contributed by atoms with Crippen LogP contribution in [0.4, 0.5) is 0 Å². The van der Waals surface area contributed by atoms with Crippen molar-refractivity contribution in [2.24, 2.45) is 5.92 Å². The summed E-state index contributed by atoms with van der Waals surface area (Å²) in [5.74, 6) is -0.176. The molecule has 0 bridgehead atoms. The lowest BCUT2D eigenvalue weighted by molar-refractivity contribution is -0.123. The third-order valence-electron chi connectivity index (χ3n) is 4.13. The van der Waals surface area contributed by atoms with Crippen LogP contribution in [-0.4, -0.2) is 17.9 Å². The Balaban J connectivity index is 2.06. The average Bonchev–Trinajstić information content (AvgIpc) is 2.60. The van der Waals surface area contributed by atoms with Gasteiger partial charge in [-0.15, -0.1) is 0 Å². The molecule has 2 aromatic carbocycles. The molecular weight excluding hydrogens is 348 g/mol. The average molecular weight is 373 g/mol. The van der Waals surface area contributed by atoms with E-state index in [-0.39, 0.29) is 17.7 Å². The van der Waals surface area contributed by atoms with Crippen LogP contribution < -0.4 is 10.6 Å². The van der Waals surface area contributed by atoms with Gasteiger partial charge in [0.15, 0.2) is 0 Å². The molecule has 0 fully saturated rings. The molecule has 2 amide bonds. The van der Waals surface area contributed by atoms with Crippen molar-refractivity contribution in [1.82, 2.24) is 10.6 Å². The maximum Gasteiger partial charge on any atom is 0.252 e. The minimum absolute atomic E-state index is 0.208. The van der Waals surface area contributed by atoms with Crippen molar-refractivity contribution < 1.29 is 9.59 Å². The van der Waals surface area contributed by atoms with Crippen LogP contribution in [0.5, 0.6) is 0 Å². The number of rotatable bonds is 7. The maximum atomic E-state index is 12.6. The molecule has 0 saturated carbocycles. The van der Waals surface area contributed by atoms with Crippen molar-refractivity contribution in [3.8, 4) is 0 Å². The minimum atomic E-state index is -0.593. The van der Waals surface area contributed by atoms with Gasteiger partial charge in [0.25, 0.3) is 5.91 Å². The number of carbonyl (C=O) groups is 2. The normalized spacial score (nSPS) is 11.9. The Morgan fingerprint density at radius 2 is 1.69 bits per heavy atom. The Morgan fingerprint density at radius 3 is 2.35 bits per heavy atom. The number of aryl methyl sites for hydroxylation is 1. The molecular formula is C21H25ClN2O2. The van der Waals surface area contributed by atoms with Gasteiger partial charge in [0.05, 0.1) is 0 Å². The van der Waals surface area contributed by atoms with Crippen molar-refractivity contribution in [3.63, 3.8) is 0 Å². The number of nitrogens with one attached hydrogen (secondary N) is 2. The molecule has 0 aliphatic rings. The molecule has 2 N–H and O–H groups in total. The Hall–Kier alpha value is -2.33. The van der Waals surface area contributed by atoms with Gasteiger partial charge in [-0.05, 0) is 42.5 Å².